The van der Waals surface area contributed by atoms with Gasteiger partial charge in [0.1, 0.15) is 5.56 Å². The molecule has 1 N–H and O–H groups in total. The zero-order valence-electron chi connectivity index (χ0n) is 13.6. The number of nitrogens with zero attached hydrogens (tertiary/aromatic N) is 4. The summed E-state index contributed by atoms with van der Waals surface area (Å²) in [4.78, 5) is 40.0. The van der Waals surface area contributed by atoms with Crippen LogP contribution in [0.1, 0.15) is 10.4 Å². The van der Waals surface area contributed by atoms with Gasteiger partial charge in [0, 0.05) is 44.1 Å². The van der Waals surface area contributed by atoms with Gasteiger partial charge in [0.2, 0.25) is 5.95 Å². The molecule has 25 heavy (non-hydrogen) atoms. The van der Waals surface area contributed by atoms with Gasteiger partial charge >= 0.3 is 0 Å². The van der Waals surface area contributed by atoms with Gasteiger partial charge in [-0.15, -0.1) is 0 Å². The van der Waals surface area contributed by atoms with Gasteiger partial charge in [0.05, 0.1) is 0 Å². The van der Waals surface area contributed by atoms with E-state index in [1.54, 1.807) is 29.4 Å². The fraction of sp³-hybridized carbons (Fsp3) is 0.222. The van der Waals surface area contributed by atoms with E-state index < -0.39 is 0 Å². The van der Waals surface area contributed by atoms with E-state index >= 15 is 0 Å². The Morgan fingerprint density at radius 2 is 1.72 bits per heavy atom. The van der Waals surface area contributed by atoms with Crippen molar-refractivity contribution in [1.82, 2.24) is 19.9 Å². The van der Waals surface area contributed by atoms with Crippen LogP contribution < -0.4 is 10.5 Å². The highest BCUT2D eigenvalue weighted by molar-refractivity contribution is 5.97. The van der Waals surface area contributed by atoms with E-state index in [9.17, 15) is 9.59 Å². The van der Waals surface area contributed by atoms with Crippen LogP contribution in [0.15, 0.2) is 53.6 Å². The average molecular weight is 335 g/mol. The summed E-state index contributed by atoms with van der Waals surface area (Å²) < 4.78 is 0. The fourth-order valence-corrected chi connectivity index (χ4v) is 3.04. The Hall–Kier alpha value is -3.22. The number of rotatable bonds is 2. The van der Waals surface area contributed by atoms with E-state index in [0.717, 1.165) is 10.9 Å². The van der Waals surface area contributed by atoms with Gasteiger partial charge < -0.3 is 14.8 Å². The van der Waals surface area contributed by atoms with Crippen molar-refractivity contribution < 1.29 is 4.79 Å². The Balaban J connectivity index is 1.53. The Labute approximate surface area is 143 Å². The number of benzene rings is 1. The van der Waals surface area contributed by atoms with Gasteiger partial charge in [-0.05, 0) is 23.6 Å². The average Bonchev–Trinajstić information content (AvgIpc) is 2.68. The first-order valence-electron chi connectivity index (χ1n) is 8.16. The largest absolute Gasteiger partial charge is 0.337 e. The van der Waals surface area contributed by atoms with Gasteiger partial charge in [-0.2, -0.15) is 0 Å². The van der Waals surface area contributed by atoms with Crippen LogP contribution in [0.5, 0.6) is 0 Å². The Bertz CT molecular complexity index is 962. The number of hydrogen-bond acceptors (Lipinski definition) is 5. The lowest BCUT2D eigenvalue weighted by Crippen LogP contribution is -2.50. The van der Waals surface area contributed by atoms with Crippen LogP contribution in [0, 0.1) is 0 Å². The molecule has 0 atom stereocenters. The molecule has 0 unspecified atom stereocenters. The van der Waals surface area contributed by atoms with E-state index in [1.807, 2.05) is 29.2 Å². The molecule has 1 aliphatic heterocycles. The van der Waals surface area contributed by atoms with Crippen molar-refractivity contribution in [3.8, 4) is 0 Å². The van der Waals surface area contributed by atoms with Crippen LogP contribution in [0.25, 0.3) is 10.9 Å². The number of H-pyrrole nitrogens is 1. The summed E-state index contributed by atoms with van der Waals surface area (Å²) in [5, 5.41) is 0.849. The number of pyridine rings is 1. The number of aromatic amines is 1. The molecule has 0 aliphatic carbocycles. The van der Waals surface area contributed by atoms with Crippen LogP contribution in [0.2, 0.25) is 0 Å². The van der Waals surface area contributed by atoms with Crippen molar-refractivity contribution in [3.05, 3.63) is 64.7 Å². The number of carbonyl (C=O) groups is 1. The molecule has 1 fully saturated rings. The molecule has 0 radical (unpaired) electrons. The number of nitrogens with one attached hydrogen (secondary N) is 1. The summed E-state index contributed by atoms with van der Waals surface area (Å²) in [6.07, 6.45) is 3.41. The van der Waals surface area contributed by atoms with E-state index in [0.29, 0.717) is 32.1 Å². The minimum absolute atomic E-state index is 0.183. The van der Waals surface area contributed by atoms with Crippen LogP contribution in [-0.2, 0) is 0 Å². The topological polar surface area (TPSA) is 82.2 Å². The molecular formula is C18H17N5O2. The Kier molecular flexibility index (Phi) is 3.89. The second-order valence-corrected chi connectivity index (χ2v) is 5.93. The lowest BCUT2D eigenvalue weighted by molar-refractivity contribution is 0.0744. The molecule has 0 spiro atoms. The highest BCUT2D eigenvalue weighted by Gasteiger charge is 2.25. The summed E-state index contributed by atoms with van der Waals surface area (Å²) in [5.74, 6) is 0.429. The molecule has 7 heteroatoms. The maximum atomic E-state index is 12.8. The molecule has 3 aromatic rings. The standard InChI is InChI=1S/C18H17N5O2/c24-16-14(12-13-4-1-2-5-15(13)21-16)17(25)22-8-10-23(11-9-22)18-19-6-3-7-20-18/h1-7,12H,8-11H2,(H,21,24). The number of para-hydroxylation sites is 1. The van der Waals surface area contributed by atoms with Gasteiger partial charge in [0.25, 0.3) is 11.5 Å². The first kappa shape index (κ1) is 15.3. The zero-order chi connectivity index (χ0) is 17.2. The van der Waals surface area contributed by atoms with Crippen LogP contribution in [0.4, 0.5) is 5.95 Å². The van der Waals surface area contributed by atoms with E-state index in [2.05, 4.69) is 15.0 Å². The number of anilines is 1. The summed E-state index contributed by atoms with van der Waals surface area (Å²) in [7, 11) is 0. The predicted octanol–water partition coefficient (Wildman–Crippen LogP) is 1.28. The monoisotopic (exact) mass is 335 g/mol. The number of carbonyl (C=O) groups excluding carboxylic acids is 1. The third-order valence-corrected chi connectivity index (χ3v) is 4.39. The predicted molar refractivity (Wildman–Crippen MR) is 94.7 cm³/mol. The maximum absolute atomic E-state index is 12.8. The molecule has 126 valence electrons. The minimum Gasteiger partial charge on any atom is -0.337 e. The highest BCUT2D eigenvalue weighted by Crippen LogP contribution is 2.14. The highest BCUT2D eigenvalue weighted by atomic mass is 16.2. The third-order valence-electron chi connectivity index (χ3n) is 4.39. The molecule has 4 rings (SSSR count). The van der Waals surface area contributed by atoms with Crippen molar-refractivity contribution in [2.75, 3.05) is 31.1 Å². The summed E-state index contributed by atoms with van der Waals surface area (Å²) in [6, 6.07) is 10.9. The summed E-state index contributed by atoms with van der Waals surface area (Å²) >= 11 is 0. The van der Waals surface area contributed by atoms with Crippen LogP contribution in [-0.4, -0.2) is 51.9 Å². The normalized spacial score (nSPS) is 14.7. The Morgan fingerprint density at radius 3 is 2.48 bits per heavy atom. The molecule has 3 heterocycles. The first-order chi connectivity index (χ1) is 12.2. The van der Waals surface area contributed by atoms with Gasteiger partial charge in [-0.1, -0.05) is 18.2 Å². The molecule has 0 saturated carbocycles. The number of aromatic nitrogens is 3. The maximum Gasteiger partial charge on any atom is 0.261 e. The fourth-order valence-electron chi connectivity index (χ4n) is 3.04. The molecular weight excluding hydrogens is 318 g/mol. The van der Waals surface area contributed by atoms with Crippen molar-refractivity contribution in [1.29, 1.82) is 0 Å². The van der Waals surface area contributed by atoms with E-state index in [4.69, 9.17) is 0 Å². The van der Waals surface area contributed by atoms with Crippen LogP contribution >= 0.6 is 0 Å². The number of amides is 1. The van der Waals surface area contributed by atoms with Crippen molar-refractivity contribution >= 4 is 22.8 Å². The summed E-state index contributed by atoms with van der Waals surface area (Å²) in [6.45, 7) is 2.34. The van der Waals surface area contributed by atoms with Gasteiger partial charge in [-0.3, -0.25) is 9.59 Å². The smallest absolute Gasteiger partial charge is 0.261 e. The van der Waals surface area contributed by atoms with Crippen molar-refractivity contribution in [2.45, 2.75) is 0 Å². The molecule has 2 aromatic heterocycles. The van der Waals surface area contributed by atoms with Gasteiger partial charge in [0.15, 0.2) is 0 Å². The van der Waals surface area contributed by atoms with E-state index in [-0.39, 0.29) is 17.0 Å². The molecule has 1 aliphatic rings. The quantitative estimate of drug-likeness (QED) is 0.763. The van der Waals surface area contributed by atoms with Crippen molar-refractivity contribution in [3.63, 3.8) is 0 Å². The first-order valence-corrected chi connectivity index (χ1v) is 8.16. The minimum atomic E-state index is -0.350. The summed E-state index contributed by atoms with van der Waals surface area (Å²) in [5.41, 5.74) is 0.565. The Morgan fingerprint density at radius 1 is 1.00 bits per heavy atom. The molecule has 0 bridgehead atoms. The second kappa shape index (κ2) is 6.35. The molecule has 1 saturated heterocycles. The lowest BCUT2D eigenvalue weighted by atomic mass is 10.1. The third kappa shape index (κ3) is 2.96. The van der Waals surface area contributed by atoms with Gasteiger partial charge in [-0.25, -0.2) is 9.97 Å². The molecule has 7 nitrogen and oxygen atoms in total. The number of hydrogen-bond donors (Lipinski definition) is 1. The molecule has 1 aromatic carbocycles. The SMILES string of the molecule is O=C(c1cc2ccccc2[nH]c1=O)N1CCN(c2ncccn2)CC1. The lowest BCUT2D eigenvalue weighted by Gasteiger charge is -2.34. The van der Waals surface area contributed by atoms with Crippen LogP contribution in [0.3, 0.4) is 0 Å². The number of piperazine rings is 1. The zero-order valence-corrected chi connectivity index (χ0v) is 13.6. The van der Waals surface area contributed by atoms with Crippen molar-refractivity contribution in [2.24, 2.45) is 0 Å². The second-order valence-electron chi connectivity index (χ2n) is 5.93. The molecule has 1 amide bonds. The number of fused-ring (bicyclic) bond motifs is 1. The van der Waals surface area contributed by atoms with E-state index in [1.165, 1.54) is 0 Å².